The van der Waals surface area contributed by atoms with Crippen molar-refractivity contribution >= 4 is 45.4 Å². The molecule has 10 aromatic rings. The summed E-state index contributed by atoms with van der Waals surface area (Å²) in [6.45, 7) is 1.13. The van der Waals surface area contributed by atoms with Crippen LogP contribution in [0.3, 0.4) is 0 Å². The number of carbonyl (C=O) groups excluding carboxylic acids is 4. The first-order chi connectivity index (χ1) is 42.0. The molecule has 0 amide bonds. The summed E-state index contributed by atoms with van der Waals surface area (Å²) in [6, 6.07) is 63.1. The molecule has 0 aromatic heterocycles. The van der Waals surface area contributed by atoms with Crippen molar-refractivity contribution in [2.45, 2.75) is 46.2 Å². The third-order valence-corrected chi connectivity index (χ3v) is 13.9. The van der Waals surface area contributed by atoms with Crippen LogP contribution < -0.4 is 33.2 Å². The third kappa shape index (κ3) is 15.2. The molecular weight excluding hydrogens is 1090 g/mol. The van der Waals surface area contributed by atoms with Gasteiger partial charge in [-0.25, -0.2) is 19.2 Å². The van der Waals surface area contributed by atoms with E-state index in [1.807, 2.05) is 60.7 Å². The van der Waals surface area contributed by atoms with Gasteiger partial charge in [0.05, 0.1) is 50.7 Å². The van der Waals surface area contributed by atoms with Gasteiger partial charge in [-0.15, -0.1) is 0 Å². The summed E-state index contributed by atoms with van der Waals surface area (Å²) >= 11 is 0. The van der Waals surface area contributed by atoms with Gasteiger partial charge >= 0.3 is 23.9 Å². The summed E-state index contributed by atoms with van der Waals surface area (Å²) in [5.74, 6) is 1.66. The molecule has 434 valence electrons. The Labute approximate surface area is 497 Å². The van der Waals surface area contributed by atoms with Crippen molar-refractivity contribution in [3.05, 3.63) is 267 Å². The minimum absolute atomic E-state index is 0.0724. The van der Waals surface area contributed by atoms with Crippen molar-refractivity contribution in [2.75, 3.05) is 28.4 Å². The quantitative estimate of drug-likeness (QED) is 0.0301. The molecule has 0 heterocycles. The number of hydrogen-bond donors (Lipinski definition) is 0. The largest absolute Gasteiger partial charge is 0.489 e. The van der Waals surface area contributed by atoms with Crippen molar-refractivity contribution in [2.24, 2.45) is 0 Å². The first-order valence-corrected chi connectivity index (χ1v) is 27.4. The van der Waals surface area contributed by atoms with Gasteiger partial charge in [0, 0.05) is 35.9 Å². The monoisotopic (exact) mass is 1150 g/mol. The molecule has 0 aliphatic carbocycles. The van der Waals surface area contributed by atoms with Crippen LogP contribution in [0.4, 0.5) is 0 Å². The topological polar surface area (TPSA) is 170 Å². The maximum Gasteiger partial charge on any atom is 0.337 e. The van der Waals surface area contributed by atoms with E-state index in [2.05, 4.69) is 30.3 Å². The highest BCUT2D eigenvalue weighted by molar-refractivity contribution is 6.02. The number of hydrogen-bond acceptors (Lipinski definition) is 15. The third-order valence-electron chi connectivity index (χ3n) is 13.9. The molecule has 0 N–H and O–H groups in total. The maximum atomic E-state index is 12.1. The molecule has 0 aliphatic heterocycles. The Balaban J connectivity index is 0.934. The Morgan fingerprint density at radius 3 is 0.756 bits per heavy atom. The summed E-state index contributed by atoms with van der Waals surface area (Å²) in [5, 5.41) is 4.33. The second-order valence-corrected chi connectivity index (χ2v) is 19.8. The van der Waals surface area contributed by atoms with E-state index in [-0.39, 0.29) is 46.2 Å². The van der Waals surface area contributed by atoms with Crippen molar-refractivity contribution < 1.29 is 71.3 Å². The van der Waals surface area contributed by atoms with Crippen LogP contribution in [0.5, 0.6) is 40.2 Å². The first kappa shape index (κ1) is 58.4. The second kappa shape index (κ2) is 28.0. The SMILES string of the molecule is COC(=O)c1ccc(COc2cc(COc3cc(OCc4cc(OCc5ccc(C(=O)OC)cc5)cc(OCc5ccc(C(=O)OC)cc5)c4)cc(OCc4c5ccccc5cc5ccccc45)c3)cc(OCc3ccc(C(=O)OC)cc3)c2)cc1. The number of ether oxygens (including phenoxy) is 11. The lowest BCUT2D eigenvalue weighted by Gasteiger charge is -2.17. The van der Waals surface area contributed by atoms with E-state index in [0.29, 0.717) is 62.5 Å². The van der Waals surface area contributed by atoms with Crippen LogP contribution in [0.25, 0.3) is 21.5 Å². The zero-order valence-electron chi connectivity index (χ0n) is 47.7. The Hall–Kier alpha value is -10.8. The molecule has 0 saturated carbocycles. The lowest BCUT2D eigenvalue weighted by molar-refractivity contribution is 0.0592. The number of fused-ring (bicyclic) bond motifs is 2. The number of carbonyl (C=O) groups is 4. The smallest absolute Gasteiger partial charge is 0.337 e. The standard InChI is InChI=1S/C71H60O15/c1-76-68(72)52-21-13-46(14-22-52)39-80-58-29-50(30-59(34-58)81-40-47-15-23-53(24-16-47)69(73)77-2)43-84-62-36-63(38-64(37-62)86-45-67-65-11-7-5-9-56(65)33-57-10-6-8-12-66(57)67)85-44-51-31-60(82-41-48-17-25-54(26-18-48)70(74)78-3)35-61(32-51)83-42-49-19-27-55(28-20-49)71(75)79-4/h5-38H,39-45H2,1-4H3. The van der Waals surface area contributed by atoms with E-state index in [0.717, 1.165) is 60.5 Å². The molecule has 10 aromatic carbocycles. The molecule has 0 bridgehead atoms. The Bertz CT molecular complexity index is 3590. The predicted molar refractivity (Wildman–Crippen MR) is 322 cm³/mol. The normalized spacial score (nSPS) is 10.8. The van der Waals surface area contributed by atoms with Gasteiger partial charge in [0.2, 0.25) is 0 Å². The molecule has 0 atom stereocenters. The average Bonchev–Trinajstić information content (AvgIpc) is 3.00. The molecular formula is C71H60O15. The van der Waals surface area contributed by atoms with E-state index >= 15 is 0 Å². The maximum absolute atomic E-state index is 12.1. The van der Waals surface area contributed by atoms with Crippen LogP contribution in [0.2, 0.25) is 0 Å². The van der Waals surface area contributed by atoms with E-state index in [1.165, 1.54) is 28.4 Å². The van der Waals surface area contributed by atoms with Crippen molar-refractivity contribution in [3.8, 4) is 40.2 Å². The van der Waals surface area contributed by atoms with Gasteiger partial charge in [0.1, 0.15) is 86.5 Å². The minimum Gasteiger partial charge on any atom is -0.489 e. The molecule has 0 aliphatic rings. The van der Waals surface area contributed by atoms with E-state index in [9.17, 15) is 19.2 Å². The van der Waals surface area contributed by atoms with Gasteiger partial charge in [-0.1, -0.05) is 97.1 Å². The predicted octanol–water partition coefficient (Wildman–Crippen LogP) is 14.2. The Morgan fingerprint density at radius 2 is 0.488 bits per heavy atom. The van der Waals surface area contributed by atoms with Crippen LogP contribution in [0.1, 0.15) is 80.4 Å². The molecule has 86 heavy (non-hydrogen) atoms. The first-order valence-electron chi connectivity index (χ1n) is 27.4. The number of benzene rings is 10. The number of methoxy groups -OCH3 is 4. The molecule has 0 fully saturated rings. The number of rotatable bonds is 25. The van der Waals surface area contributed by atoms with Gasteiger partial charge in [0.15, 0.2) is 0 Å². The minimum atomic E-state index is -0.435. The Morgan fingerprint density at radius 1 is 0.256 bits per heavy atom. The van der Waals surface area contributed by atoms with Crippen molar-refractivity contribution in [1.29, 1.82) is 0 Å². The molecule has 10 rings (SSSR count). The Kier molecular flexibility index (Phi) is 19.0. The highest BCUT2D eigenvalue weighted by Crippen LogP contribution is 2.35. The van der Waals surface area contributed by atoms with Gasteiger partial charge in [0.25, 0.3) is 0 Å². The van der Waals surface area contributed by atoms with Crippen LogP contribution in [0, 0.1) is 0 Å². The van der Waals surface area contributed by atoms with Crippen LogP contribution in [-0.4, -0.2) is 52.3 Å². The van der Waals surface area contributed by atoms with Gasteiger partial charge in [-0.2, -0.15) is 0 Å². The highest BCUT2D eigenvalue weighted by atomic mass is 16.5. The lowest BCUT2D eigenvalue weighted by atomic mass is 9.97. The van der Waals surface area contributed by atoms with Gasteiger partial charge in [-0.05, 0) is 134 Å². The van der Waals surface area contributed by atoms with Crippen molar-refractivity contribution in [1.82, 2.24) is 0 Å². The summed E-state index contributed by atoms with van der Waals surface area (Å²) in [5.41, 5.74) is 7.45. The van der Waals surface area contributed by atoms with E-state index < -0.39 is 23.9 Å². The van der Waals surface area contributed by atoms with E-state index in [4.69, 9.17) is 52.1 Å². The highest BCUT2D eigenvalue weighted by Gasteiger charge is 2.16. The lowest BCUT2D eigenvalue weighted by Crippen LogP contribution is -2.04. The number of esters is 4. The van der Waals surface area contributed by atoms with E-state index in [1.54, 1.807) is 115 Å². The molecule has 0 saturated heterocycles. The van der Waals surface area contributed by atoms with Crippen LogP contribution in [-0.2, 0) is 65.2 Å². The summed E-state index contributed by atoms with van der Waals surface area (Å²) in [4.78, 5) is 48.5. The summed E-state index contributed by atoms with van der Waals surface area (Å²) in [6.07, 6.45) is 0. The van der Waals surface area contributed by atoms with Crippen LogP contribution >= 0.6 is 0 Å². The summed E-state index contributed by atoms with van der Waals surface area (Å²) < 4.78 is 64.8. The zero-order chi connectivity index (χ0) is 59.8. The van der Waals surface area contributed by atoms with Gasteiger partial charge in [-0.3, -0.25) is 0 Å². The molecule has 15 heteroatoms. The molecule has 0 unspecified atom stereocenters. The molecule has 15 nitrogen and oxygen atoms in total. The fourth-order valence-corrected chi connectivity index (χ4v) is 9.40. The average molecular weight is 1150 g/mol. The molecule has 0 spiro atoms. The van der Waals surface area contributed by atoms with Crippen molar-refractivity contribution in [3.63, 3.8) is 0 Å². The fourth-order valence-electron chi connectivity index (χ4n) is 9.40. The zero-order valence-corrected chi connectivity index (χ0v) is 47.7. The summed E-state index contributed by atoms with van der Waals surface area (Å²) in [7, 11) is 5.35. The fraction of sp³-hybridized carbons (Fsp3) is 0.155. The molecule has 0 radical (unpaired) electrons. The second-order valence-electron chi connectivity index (χ2n) is 19.8. The van der Waals surface area contributed by atoms with Crippen LogP contribution in [0.15, 0.2) is 206 Å². The van der Waals surface area contributed by atoms with Gasteiger partial charge < -0.3 is 52.1 Å².